The summed E-state index contributed by atoms with van der Waals surface area (Å²) < 4.78 is 5.09. The molecule has 2 aromatic carbocycles. The number of nitrogens with zero attached hydrogens (tertiary/aromatic N) is 1. The van der Waals surface area contributed by atoms with E-state index < -0.39 is 0 Å². The molecule has 6 heteroatoms. The number of para-hydroxylation sites is 1. The Morgan fingerprint density at radius 1 is 1.29 bits per heavy atom. The lowest BCUT2D eigenvalue weighted by molar-refractivity contribution is -0.385. The Labute approximate surface area is 127 Å². The topological polar surface area (TPSA) is 64.4 Å². The van der Waals surface area contributed by atoms with Crippen molar-refractivity contribution in [1.82, 2.24) is 0 Å². The van der Waals surface area contributed by atoms with Crippen LogP contribution >= 0.6 is 11.6 Å². The average molecular weight is 307 g/mol. The largest absolute Gasteiger partial charge is 0.495 e. The Morgan fingerprint density at radius 3 is 2.62 bits per heavy atom. The van der Waals surface area contributed by atoms with Gasteiger partial charge in [-0.05, 0) is 25.1 Å². The molecule has 0 saturated heterocycles. The van der Waals surface area contributed by atoms with Gasteiger partial charge in [0.15, 0.2) is 0 Å². The SMILES string of the molecule is COc1ccc(NC(C)c2ccccc2[N+](=O)[O-])cc1Cl. The highest BCUT2D eigenvalue weighted by Crippen LogP contribution is 2.31. The molecule has 0 aromatic heterocycles. The Kier molecular flexibility index (Phi) is 4.65. The van der Waals surface area contributed by atoms with Crippen LogP contribution in [-0.4, -0.2) is 12.0 Å². The molecule has 21 heavy (non-hydrogen) atoms. The lowest BCUT2D eigenvalue weighted by atomic mass is 10.1. The molecule has 0 fully saturated rings. The van der Waals surface area contributed by atoms with E-state index in [1.54, 1.807) is 37.4 Å². The lowest BCUT2D eigenvalue weighted by Gasteiger charge is -2.16. The van der Waals surface area contributed by atoms with Gasteiger partial charge in [-0.15, -0.1) is 0 Å². The molecule has 0 aliphatic heterocycles. The van der Waals surface area contributed by atoms with Crippen LogP contribution in [-0.2, 0) is 0 Å². The van der Waals surface area contributed by atoms with Gasteiger partial charge in [-0.25, -0.2) is 0 Å². The van der Waals surface area contributed by atoms with Crippen molar-refractivity contribution >= 4 is 23.0 Å². The number of nitro benzene ring substituents is 1. The molecule has 1 N–H and O–H groups in total. The molecule has 110 valence electrons. The van der Waals surface area contributed by atoms with Gasteiger partial charge >= 0.3 is 0 Å². The second-order valence-electron chi connectivity index (χ2n) is 4.53. The number of halogens is 1. The van der Waals surface area contributed by atoms with Gasteiger partial charge in [-0.3, -0.25) is 10.1 Å². The van der Waals surface area contributed by atoms with Crippen molar-refractivity contribution in [3.8, 4) is 5.75 Å². The molecule has 2 rings (SSSR count). The normalized spacial score (nSPS) is 11.8. The molecule has 2 aromatic rings. The highest BCUT2D eigenvalue weighted by atomic mass is 35.5. The molecule has 0 aliphatic rings. The summed E-state index contributed by atoms with van der Waals surface area (Å²) in [6.07, 6.45) is 0. The minimum atomic E-state index is -0.380. The third kappa shape index (κ3) is 3.44. The number of methoxy groups -OCH3 is 1. The fourth-order valence-electron chi connectivity index (χ4n) is 2.10. The predicted octanol–water partition coefficient (Wildman–Crippen LogP) is 4.43. The summed E-state index contributed by atoms with van der Waals surface area (Å²) in [6.45, 7) is 1.86. The smallest absolute Gasteiger partial charge is 0.274 e. The maximum Gasteiger partial charge on any atom is 0.274 e. The standard InChI is InChI=1S/C15H15ClN2O3/c1-10(12-5-3-4-6-14(12)18(19)20)17-11-7-8-15(21-2)13(16)9-11/h3-10,17H,1-2H3. The van der Waals surface area contributed by atoms with Crippen LogP contribution in [0.15, 0.2) is 42.5 Å². The average Bonchev–Trinajstić information content (AvgIpc) is 2.47. The maximum absolute atomic E-state index is 11.1. The zero-order chi connectivity index (χ0) is 15.4. The third-order valence-corrected chi connectivity index (χ3v) is 3.43. The highest BCUT2D eigenvalue weighted by Gasteiger charge is 2.18. The van der Waals surface area contributed by atoms with Crippen LogP contribution in [0.25, 0.3) is 0 Å². The van der Waals surface area contributed by atoms with Crippen molar-refractivity contribution in [3.63, 3.8) is 0 Å². The summed E-state index contributed by atoms with van der Waals surface area (Å²) in [5.74, 6) is 0.584. The van der Waals surface area contributed by atoms with E-state index in [1.807, 2.05) is 13.0 Å². The molecule has 0 spiro atoms. The molecule has 0 amide bonds. The Hall–Kier alpha value is -2.27. The van der Waals surface area contributed by atoms with Crippen LogP contribution in [0.4, 0.5) is 11.4 Å². The van der Waals surface area contributed by atoms with E-state index in [1.165, 1.54) is 6.07 Å². The van der Waals surface area contributed by atoms with Crippen molar-refractivity contribution < 1.29 is 9.66 Å². The molecule has 5 nitrogen and oxygen atoms in total. The molecule has 1 atom stereocenters. The third-order valence-electron chi connectivity index (χ3n) is 3.13. The van der Waals surface area contributed by atoms with Crippen molar-refractivity contribution in [3.05, 3.63) is 63.2 Å². The van der Waals surface area contributed by atoms with E-state index in [4.69, 9.17) is 16.3 Å². The van der Waals surface area contributed by atoms with Gasteiger partial charge in [-0.2, -0.15) is 0 Å². The first-order chi connectivity index (χ1) is 10.0. The predicted molar refractivity (Wildman–Crippen MR) is 83.1 cm³/mol. The Bertz CT molecular complexity index is 661. The highest BCUT2D eigenvalue weighted by molar-refractivity contribution is 6.32. The summed E-state index contributed by atoms with van der Waals surface area (Å²) in [7, 11) is 1.55. The minimum absolute atomic E-state index is 0.0945. The van der Waals surface area contributed by atoms with Gasteiger partial charge in [0, 0.05) is 11.8 Å². The van der Waals surface area contributed by atoms with Gasteiger partial charge in [-0.1, -0.05) is 29.8 Å². The number of hydrogen-bond acceptors (Lipinski definition) is 4. The molecule has 0 heterocycles. The number of ether oxygens (including phenoxy) is 1. The van der Waals surface area contributed by atoms with Crippen LogP contribution in [0.5, 0.6) is 5.75 Å². The van der Waals surface area contributed by atoms with Crippen LogP contribution in [0.3, 0.4) is 0 Å². The van der Waals surface area contributed by atoms with Gasteiger partial charge in [0.2, 0.25) is 0 Å². The Balaban J connectivity index is 2.24. The van der Waals surface area contributed by atoms with Crippen molar-refractivity contribution in [2.45, 2.75) is 13.0 Å². The number of benzene rings is 2. The maximum atomic E-state index is 11.1. The van der Waals surface area contributed by atoms with Crippen molar-refractivity contribution in [1.29, 1.82) is 0 Å². The molecular weight excluding hydrogens is 292 g/mol. The van der Waals surface area contributed by atoms with Crippen LogP contribution in [0, 0.1) is 10.1 Å². The quantitative estimate of drug-likeness (QED) is 0.655. The van der Waals surface area contributed by atoms with Gasteiger partial charge in [0.25, 0.3) is 5.69 Å². The molecule has 0 aliphatic carbocycles. The van der Waals surface area contributed by atoms with E-state index in [2.05, 4.69) is 5.32 Å². The molecule has 0 bridgehead atoms. The van der Waals surface area contributed by atoms with Crippen LogP contribution in [0.2, 0.25) is 5.02 Å². The first-order valence-electron chi connectivity index (χ1n) is 6.36. The first kappa shape index (κ1) is 15.1. The second-order valence-corrected chi connectivity index (χ2v) is 4.94. The molecule has 1 unspecified atom stereocenters. The number of rotatable bonds is 5. The van der Waals surface area contributed by atoms with E-state index in [0.29, 0.717) is 16.3 Å². The van der Waals surface area contributed by atoms with Gasteiger partial charge < -0.3 is 10.1 Å². The summed E-state index contributed by atoms with van der Waals surface area (Å²) in [5.41, 5.74) is 1.48. The molecule has 0 radical (unpaired) electrons. The number of hydrogen-bond donors (Lipinski definition) is 1. The van der Waals surface area contributed by atoms with Crippen LogP contribution in [0.1, 0.15) is 18.5 Å². The summed E-state index contributed by atoms with van der Waals surface area (Å²) in [4.78, 5) is 10.7. The first-order valence-corrected chi connectivity index (χ1v) is 6.74. The number of anilines is 1. The van der Waals surface area contributed by atoms with Crippen molar-refractivity contribution in [2.24, 2.45) is 0 Å². The fourth-order valence-corrected chi connectivity index (χ4v) is 2.36. The number of nitro groups is 1. The van der Waals surface area contributed by atoms with Gasteiger partial charge in [0.05, 0.1) is 28.7 Å². The monoisotopic (exact) mass is 306 g/mol. The molecule has 0 saturated carbocycles. The Morgan fingerprint density at radius 2 is 2.00 bits per heavy atom. The molecular formula is C15H15ClN2O3. The van der Waals surface area contributed by atoms with E-state index in [0.717, 1.165) is 5.69 Å². The van der Waals surface area contributed by atoms with E-state index in [9.17, 15) is 10.1 Å². The summed E-state index contributed by atoms with van der Waals surface area (Å²) >= 11 is 6.07. The zero-order valence-corrected chi connectivity index (χ0v) is 12.4. The summed E-state index contributed by atoms with van der Waals surface area (Å²) in [6, 6.07) is 11.7. The fraction of sp³-hybridized carbons (Fsp3) is 0.200. The van der Waals surface area contributed by atoms with E-state index >= 15 is 0 Å². The zero-order valence-electron chi connectivity index (χ0n) is 11.7. The summed E-state index contributed by atoms with van der Waals surface area (Å²) in [5, 5.41) is 14.7. The van der Waals surface area contributed by atoms with Crippen LogP contribution < -0.4 is 10.1 Å². The van der Waals surface area contributed by atoms with Gasteiger partial charge in [0.1, 0.15) is 5.75 Å². The van der Waals surface area contributed by atoms with E-state index in [-0.39, 0.29) is 16.7 Å². The lowest BCUT2D eigenvalue weighted by Crippen LogP contribution is -2.09. The van der Waals surface area contributed by atoms with Crippen molar-refractivity contribution in [2.75, 3.05) is 12.4 Å². The second kappa shape index (κ2) is 6.45. The minimum Gasteiger partial charge on any atom is -0.495 e. The number of nitrogens with one attached hydrogen (secondary N) is 1.